The molecule has 1 aromatic heterocycles. The lowest BCUT2D eigenvalue weighted by atomic mass is 10.1. The molecule has 2 aliphatic heterocycles. The minimum Gasteiger partial charge on any atom is -0.336 e. The van der Waals surface area contributed by atoms with Gasteiger partial charge in [0.2, 0.25) is 25.0 Å². The number of carbonyl (C=O) groups excluding carboxylic acids is 1. The van der Waals surface area contributed by atoms with Crippen molar-refractivity contribution in [3.05, 3.63) is 42.2 Å². The molecule has 2 aromatic rings. The SMILES string of the molecule is Cn1ccnc1S(=O)(=O)C1CN(C(=O)c2ccc(S(=O)(=O)N3CCCC3)cc2)C1. The van der Waals surface area contributed by atoms with Gasteiger partial charge in [-0.3, -0.25) is 4.79 Å². The fourth-order valence-electron chi connectivity index (χ4n) is 3.60. The van der Waals surface area contributed by atoms with Crippen LogP contribution in [0.1, 0.15) is 23.2 Å². The van der Waals surface area contributed by atoms with E-state index in [1.165, 1.54) is 44.2 Å². The number of imidazole rings is 1. The third-order valence-corrected chi connectivity index (χ3v) is 9.40. The zero-order valence-corrected chi connectivity index (χ0v) is 17.6. The molecule has 0 N–H and O–H groups in total. The van der Waals surface area contributed by atoms with E-state index < -0.39 is 25.1 Å². The second-order valence-electron chi connectivity index (χ2n) is 7.33. The van der Waals surface area contributed by atoms with Crippen molar-refractivity contribution in [2.45, 2.75) is 28.1 Å². The molecule has 1 amide bonds. The topological polar surface area (TPSA) is 110 Å². The highest BCUT2D eigenvalue weighted by molar-refractivity contribution is 7.92. The number of aryl methyl sites for hydroxylation is 1. The normalized spacial score (nSPS) is 18.7. The quantitative estimate of drug-likeness (QED) is 0.673. The van der Waals surface area contributed by atoms with Gasteiger partial charge in [0, 0.05) is 51.2 Å². The summed E-state index contributed by atoms with van der Waals surface area (Å²) in [7, 11) is -5.52. The maximum atomic E-state index is 12.6. The number of sulfone groups is 1. The first-order valence-electron chi connectivity index (χ1n) is 9.32. The van der Waals surface area contributed by atoms with Crippen LogP contribution in [0.3, 0.4) is 0 Å². The summed E-state index contributed by atoms with van der Waals surface area (Å²) in [5.74, 6) is -0.318. The van der Waals surface area contributed by atoms with E-state index in [1.54, 1.807) is 13.2 Å². The lowest BCUT2D eigenvalue weighted by Crippen LogP contribution is -2.57. The molecular formula is C18H22N4O5S2. The fraction of sp³-hybridized carbons (Fsp3) is 0.444. The summed E-state index contributed by atoms with van der Waals surface area (Å²) in [6.45, 7) is 1.20. The molecule has 0 unspecified atom stereocenters. The van der Waals surface area contributed by atoms with Gasteiger partial charge in [0.15, 0.2) is 0 Å². The van der Waals surface area contributed by atoms with E-state index in [9.17, 15) is 21.6 Å². The van der Waals surface area contributed by atoms with Crippen LogP contribution in [-0.4, -0.2) is 72.9 Å². The Hall–Kier alpha value is -2.24. The van der Waals surface area contributed by atoms with Crippen LogP contribution in [0.5, 0.6) is 0 Å². The van der Waals surface area contributed by atoms with Crippen molar-refractivity contribution < 1.29 is 21.6 Å². The molecule has 1 aromatic carbocycles. The van der Waals surface area contributed by atoms with Crippen LogP contribution in [0.2, 0.25) is 0 Å². The lowest BCUT2D eigenvalue weighted by Gasteiger charge is -2.38. The van der Waals surface area contributed by atoms with Gasteiger partial charge in [-0.15, -0.1) is 0 Å². The van der Waals surface area contributed by atoms with Crippen molar-refractivity contribution in [2.75, 3.05) is 26.2 Å². The predicted molar refractivity (Wildman–Crippen MR) is 105 cm³/mol. The summed E-state index contributed by atoms with van der Waals surface area (Å²) in [6, 6.07) is 5.82. The van der Waals surface area contributed by atoms with Crippen molar-refractivity contribution in [1.29, 1.82) is 0 Å². The van der Waals surface area contributed by atoms with Gasteiger partial charge >= 0.3 is 0 Å². The third kappa shape index (κ3) is 3.47. The smallest absolute Gasteiger partial charge is 0.253 e. The van der Waals surface area contributed by atoms with Crippen LogP contribution in [0, 0.1) is 0 Å². The van der Waals surface area contributed by atoms with Crippen LogP contribution in [-0.2, 0) is 26.9 Å². The summed E-state index contributed by atoms with van der Waals surface area (Å²) in [6.07, 6.45) is 4.69. The summed E-state index contributed by atoms with van der Waals surface area (Å²) in [4.78, 5) is 18.1. The Morgan fingerprint density at radius 2 is 1.66 bits per heavy atom. The molecule has 4 rings (SSSR count). The Kier molecular flexibility index (Phi) is 4.99. The molecule has 0 bridgehead atoms. The molecule has 3 heterocycles. The van der Waals surface area contributed by atoms with E-state index in [1.807, 2.05) is 0 Å². The number of nitrogens with zero attached hydrogens (tertiary/aromatic N) is 4. The minimum atomic E-state index is -3.60. The Labute approximate surface area is 169 Å². The average Bonchev–Trinajstić information content (AvgIpc) is 3.32. The van der Waals surface area contributed by atoms with Gasteiger partial charge < -0.3 is 9.47 Å². The van der Waals surface area contributed by atoms with E-state index in [-0.39, 0.29) is 29.0 Å². The first kappa shape index (κ1) is 20.0. The Morgan fingerprint density at radius 1 is 1.03 bits per heavy atom. The van der Waals surface area contributed by atoms with Crippen molar-refractivity contribution in [3.8, 4) is 0 Å². The number of carbonyl (C=O) groups is 1. The standard InChI is InChI=1S/C18H22N4O5S2/c1-20-11-8-19-18(20)28(24,25)16-12-21(13-16)17(23)14-4-6-15(7-5-14)29(26,27)22-9-2-3-10-22/h4-8,11,16H,2-3,9-10,12-13H2,1H3. The number of sulfonamides is 1. The number of hydrogen-bond acceptors (Lipinski definition) is 6. The Bertz CT molecular complexity index is 1130. The Balaban J connectivity index is 1.43. The van der Waals surface area contributed by atoms with Gasteiger partial charge in [0.05, 0.1) is 4.90 Å². The number of likely N-dealkylation sites (tertiary alicyclic amines) is 1. The highest BCUT2D eigenvalue weighted by Gasteiger charge is 2.42. The number of hydrogen-bond donors (Lipinski definition) is 0. The number of amides is 1. The van der Waals surface area contributed by atoms with Crippen molar-refractivity contribution >= 4 is 25.8 Å². The summed E-state index contributed by atoms with van der Waals surface area (Å²) in [5.41, 5.74) is 0.332. The summed E-state index contributed by atoms with van der Waals surface area (Å²) < 4.78 is 53.2. The maximum absolute atomic E-state index is 12.6. The van der Waals surface area contributed by atoms with Gasteiger partial charge in [0.25, 0.3) is 5.91 Å². The highest BCUT2D eigenvalue weighted by atomic mass is 32.2. The summed E-state index contributed by atoms with van der Waals surface area (Å²) in [5, 5.41) is -0.701. The van der Waals surface area contributed by atoms with E-state index in [0.717, 1.165) is 12.8 Å². The van der Waals surface area contributed by atoms with Crippen molar-refractivity contribution in [2.24, 2.45) is 7.05 Å². The number of aromatic nitrogens is 2. The van der Waals surface area contributed by atoms with Crippen LogP contribution in [0.15, 0.2) is 46.7 Å². The van der Waals surface area contributed by atoms with Crippen LogP contribution in [0.25, 0.3) is 0 Å². The number of rotatable bonds is 5. The second-order valence-corrected chi connectivity index (χ2v) is 11.4. The Morgan fingerprint density at radius 3 is 2.21 bits per heavy atom. The monoisotopic (exact) mass is 438 g/mol. The molecule has 0 spiro atoms. The maximum Gasteiger partial charge on any atom is 0.253 e. The molecule has 156 valence electrons. The van der Waals surface area contributed by atoms with Gasteiger partial charge in [-0.1, -0.05) is 0 Å². The first-order chi connectivity index (χ1) is 13.7. The van der Waals surface area contributed by atoms with Crippen LogP contribution in [0.4, 0.5) is 0 Å². The minimum absolute atomic E-state index is 0.00827. The van der Waals surface area contributed by atoms with Crippen molar-refractivity contribution in [3.63, 3.8) is 0 Å². The molecular weight excluding hydrogens is 416 g/mol. The van der Waals surface area contributed by atoms with E-state index in [4.69, 9.17) is 0 Å². The van der Waals surface area contributed by atoms with E-state index >= 15 is 0 Å². The first-order valence-corrected chi connectivity index (χ1v) is 12.3. The zero-order chi connectivity index (χ0) is 20.8. The molecule has 11 heteroatoms. The van der Waals surface area contributed by atoms with Crippen LogP contribution >= 0.6 is 0 Å². The molecule has 2 fully saturated rings. The zero-order valence-electron chi connectivity index (χ0n) is 15.9. The molecule has 2 aliphatic rings. The molecule has 9 nitrogen and oxygen atoms in total. The van der Waals surface area contributed by atoms with Crippen molar-refractivity contribution in [1.82, 2.24) is 18.8 Å². The largest absolute Gasteiger partial charge is 0.336 e. The molecule has 0 atom stereocenters. The van der Waals surface area contributed by atoms with Gasteiger partial charge in [-0.05, 0) is 37.1 Å². The molecule has 29 heavy (non-hydrogen) atoms. The number of benzene rings is 1. The van der Waals surface area contributed by atoms with Crippen LogP contribution < -0.4 is 0 Å². The molecule has 2 saturated heterocycles. The van der Waals surface area contributed by atoms with Gasteiger partial charge in [0.1, 0.15) is 5.25 Å². The lowest BCUT2D eigenvalue weighted by molar-refractivity contribution is 0.0658. The predicted octanol–water partition coefficient (Wildman–Crippen LogP) is 0.503. The van der Waals surface area contributed by atoms with E-state index in [0.29, 0.717) is 18.7 Å². The molecule has 0 radical (unpaired) electrons. The van der Waals surface area contributed by atoms with Gasteiger partial charge in [-0.25, -0.2) is 21.8 Å². The molecule has 0 saturated carbocycles. The molecule has 0 aliphatic carbocycles. The fourth-order valence-corrected chi connectivity index (χ4v) is 6.84. The summed E-state index contributed by atoms with van der Waals surface area (Å²) >= 11 is 0. The third-order valence-electron chi connectivity index (χ3n) is 5.41. The van der Waals surface area contributed by atoms with E-state index in [2.05, 4.69) is 4.98 Å². The van der Waals surface area contributed by atoms with Gasteiger partial charge in [-0.2, -0.15) is 4.31 Å². The second kappa shape index (κ2) is 7.22. The average molecular weight is 439 g/mol. The highest BCUT2D eigenvalue weighted by Crippen LogP contribution is 2.25.